The molecule has 0 radical (unpaired) electrons. The maximum atomic E-state index is 11.4. The van der Waals surface area contributed by atoms with E-state index in [-0.39, 0.29) is 24.5 Å². The fourth-order valence-corrected chi connectivity index (χ4v) is 6.12. The van der Waals surface area contributed by atoms with Crippen LogP contribution >= 0.6 is 0 Å². The van der Waals surface area contributed by atoms with E-state index in [0.717, 1.165) is 24.0 Å². The van der Waals surface area contributed by atoms with E-state index >= 15 is 0 Å². The third-order valence-corrected chi connectivity index (χ3v) is 6.93. The summed E-state index contributed by atoms with van der Waals surface area (Å²) in [7, 11) is 0. The van der Waals surface area contributed by atoms with Crippen molar-refractivity contribution in [2.75, 3.05) is 13.2 Å². The number of esters is 2. The Kier molecular flexibility index (Phi) is 5.74. The number of fused-ring (bicyclic) bond motifs is 1. The molecule has 2 N–H and O–H groups in total. The van der Waals surface area contributed by atoms with Crippen LogP contribution in [0.1, 0.15) is 59.8 Å². The summed E-state index contributed by atoms with van der Waals surface area (Å²) in [6.45, 7) is 8.10. The second-order valence-corrected chi connectivity index (χ2v) is 9.33. The first kappa shape index (κ1) is 21.1. The molecule has 0 spiro atoms. The maximum Gasteiger partial charge on any atom is 0.331 e. The molecular formula is C22H32O6. The second-order valence-electron chi connectivity index (χ2n) is 9.33. The number of rotatable bonds is 5. The quantitative estimate of drug-likeness (QED) is 0.552. The Bertz CT molecular complexity index is 723. The highest BCUT2D eigenvalue weighted by molar-refractivity contribution is 5.85. The maximum absolute atomic E-state index is 11.4. The molecular weight excluding hydrogens is 360 g/mol. The van der Waals surface area contributed by atoms with Gasteiger partial charge in [0, 0.05) is 24.3 Å². The van der Waals surface area contributed by atoms with Crippen LogP contribution in [0.3, 0.4) is 0 Å². The van der Waals surface area contributed by atoms with Gasteiger partial charge in [0.2, 0.25) is 0 Å². The van der Waals surface area contributed by atoms with Crippen LogP contribution in [0.15, 0.2) is 22.8 Å². The van der Waals surface area contributed by atoms with E-state index in [1.165, 1.54) is 12.5 Å². The number of aliphatic hydroxyl groups is 2. The minimum Gasteiger partial charge on any atom is -0.465 e. The van der Waals surface area contributed by atoms with Gasteiger partial charge in [0.1, 0.15) is 6.61 Å². The Morgan fingerprint density at radius 3 is 2.61 bits per heavy atom. The Morgan fingerprint density at radius 1 is 1.29 bits per heavy atom. The van der Waals surface area contributed by atoms with Crippen LogP contribution in [0.25, 0.3) is 0 Å². The third kappa shape index (κ3) is 3.90. The van der Waals surface area contributed by atoms with Gasteiger partial charge in [-0.3, -0.25) is 4.79 Å². The molecule has 1 aliphatic heterocycles. The smallest absolute Gasteiger partial charge is 0.331 e. The first-order chi connectivity index (χ1) is 13.0. The van der Waals surface area contributed by atoms with Crippen LogP contribution in [0.5, 0.6) is 0 Å². The van der Waals surface area contributed by atoms with E-state index in [1.54, 1.807) is 6.08 Å². The van der Waals surface area contributed by atoms with E-state index in [0.29, 0.717) is 25.9 Å². The standard InChI is InChI=1S/C22H32O6/c1-13-7-18(25)20-21(3,12-28-14(2)23)9-16(24)10-22(20,4)17(13)6-5-15-8-19(26)27-11-15/h8,16,18,20,24-25H,5-7,9-12H2,1-4H3. The fourth-order valence-electron chi connectivity index (χ4n) is 6.12. The molecule has 5 atom stereocenters. The molecule has 0 bridgehead atoms. The van der Waals surface area contributed by atoms with E-state index in [2.05, 4.69) is 13.8 Å². The van der Waals surface area contributed by atoms with Crippen LogP contribution in [0.2, 0.25) is 0 Å². The van der Waals surface area contributed by atoms with Gasteiger partial charge in [-0.1, -0.05) is 25.0 Å². The lowest BCUT2D eigenvalue weighted by Crippen LogP contribution is -2.57. The van der Waals surface area contributed by atoms with Crippen molar-refractivity contribution in [1.29, 1.82) is 0 Å². The van der Waals surface area contributed by atoms with Gasteiger partial charge in [-0.15, -0.1) is 0 Å². The molecule has 5 unspecified atom stereocenters. The van der Waals surface area contributed by atoms with Crippen LogP contribution in [-0.4, -0.2) is 47.6 Å². The number of aliphatic hydroxyl groups excluding tert-OH is 2. The van der Waals surface area contributed by atoms with Crippen LogP contribution in [-0.2, 0) is 19.1 Å². The monoisotopic (exact) mass is 392 g/mol. The van der Waals surface area contributed by atoms with Gasteiger partial charge < -0.3 is 19.7 Å². The molecule has 1 fully saturated rings. The highest BCUT2D eigenvalue weighted by atomic mass is 16.5. The summed E-state index contributed by atoms with van der Waals surface area (Å²) >= 11 is 0. The van der Waals surface area contributed by atoms with Crippen LogP contribution in [0, 0.1) is 16.7 Å². The lowest BCUT2D eigenvalue weighted by Gasteiger charge is -2.58. The molecule has 2 aliphatic carbocycles. The van der Waals surface area contributed by atoms with Crippen molar-refractivity contribution in [2.45, 2.75) is 72.0 Å². The molecule has 6 nitrogen and oxygen atoms in total. The zero-order valence-corrected chi connectivity index (χ0v) is 17.3. The molecule has 156 valence electrons. The molecule has 0 amide bonds. The van der Waals surface area contributed by atoms with Gasteiger partial charge in [-0.05, 0) is 50.0 Å². The molecule has 1 heterocycles. The van der Waals surface area contributed by atoms with Gasteiger partial charge in [0.05, 0.1) is 18.8 Å². The van der Waals surface area contributed by atoms with E-state index in [4.69, 9.17) is 9.47 Å². The predicted octanol–water partition coefficient (Wildman–Crippen LogP) is 2.68. The predicted molar refractivity (Wildman–Crippen MR) is 103 cm³/mol. The first-order valence-electron chi connectivity index (χ1n) is 10.1. The minimum absolute atomic E-state index is 0.114. The molecule has 3 aliphatic rings. The highest BCUT2D eigenvalue weighted by Crippen LogP contribution is 2.60. The fraction of sp³-hybridized carbons (Fsp3) is 0.727. The number of carbonyl (C=O) groups is 2. The van der Waals surface area contributed by atoms with Crippen molar-refractivity contribution in [3.63, 3.8) is 0 Å². The lowest BCUT2D eigenvalue weighted by atomic mass is 9.48. The summed E-state index contributed by atoms with van der Waals surface area (Å²) in [5.41, 5.74) is 2.49. The second kappa shape index (κ2) is 7.64. The van der Waals surface area contributed by atoms with Gasteiger partial charge >= 0.3 is 11.9 Å². The number of hydrogen-bond acceptors (Lipinski definition) is 6. The number of hydrogen-bond donors (Lipinski definition) is 2. The normalized spacial score (nSPS) is 38.0. The van der Waals surface area contributed by atoms with Crippen molar-refractivity contribution in [3.8, 4) is 0 Å². The van der Waals surface area contributed by atoms with Crippen molar-refractivity contribution in [1.82, 2.24) is 0 Å². The number of cyclic esters (lactones) is 1. The molecule has 28 heavy (non-hydrogen) atoms. The zero-order chi connectivity index (χ0) is 20.7. The van der Waals surface area contributed by atoms with Gasteiger partial charge in [0.15, 0.2) is 0 Å². The van der Waals surface area contributed by atoms with Gasteiger partial charge in [-0.2, -0.15) is 0 Å². The first-order valence-corrected chi connectivity index (χ1v) is 10.1. The Morgan fingerprint density at radius 2 is 2.00 bits per heavy atom. The summed E-state index contributed by atoms with van der Waals surface area (Å²) in [6, 6.07) is 0. The summed E-state index contributed by atoms with van der Waals surface area (Å²) in [4.78, 5) is 22.8. The van der Waals surface area contributed by atoms with E-state index in [9.17, 15) is 19.8 Å². The number of carbonyl (C=O) groups excluding carboxylic acids is 2. The topological polar surface area (TPSA) is 93.1 Å². The molecule has 0 aromatic heterocycles. The lowest BCUT2D eigenvalue weighted by molar-refractivity contribution is -0.164. The average molecular weight is 392 g/mol. The van der Waals surface area contributed by atoms with Crippen LogP contribution in [0.4, 0.5) is 0 Å². The summed E-state index contributed by atoms with van der Waals surface area (Å²) in [6.07, 6.45) is 3.65. The summed E-state index contributed by atoms with van der Waals surface area (Å²) in [5.74, 6) is -0.749. The van der Waals surface area contributed by atoms with Gasteiger partial charge in [-0.25, -0.2) is 4.79 Å². The Hall–Kier alpha value is -1.66. The Balaban J connectivity index is 1.90. The zero-order valence-electron chi connectivity index (χ0n) is 17.3. The van der Waals surface area contributed by atoms with Crippen molar-refractivity contribution >= 4 is 11.9 Å². The van der Waals surface area contributed by atoms with E-state index in [1.807, 2.05) is 6.92 Å². The van der Waals surface area contributed by atoms with Crippen molar-refractivity contribution in [2.24, 2.45) is 16.7 Å². The minimum atomic E-state index is -0.544. The molecule has 3 rings (SSSR count). The molecule has 0 aromatic rings. The third-order valence-electron chi connectivity index (χ3n) is 6.93. The SMILES string of the molecule is CC(=O)OCC1(C)CC(O)CC2(C)C(CCC3=CC(=O)OC3)=C(C)CC(O)C12. The largest absolute Gasteiger partial charge is 0.465 e. The highest BCUT2D eigenvalue weighted by Gasteiger charge is 2.58. The molecule has 6 heteroatoms. The summed E-state index contributed by atoms with van der Waals surface area (Å²) in [5, 5.41) is 21.7. The van der Waals surface area contributed by atoms with Crippen LogP contribution < -0.4 is 0 Å². The number of allylic oxidation sites excluding steroid dienone is 1. The Labute approximate surface area is 166 Å². The molecule has 0 aromatic carbocycles. The van der Waals surface area contributed by atoms with Gasteiger partial charge in [0.25, 0.3) is 0 Å². The summed E-state index contributed by atoms with van der Waals surface area (Å²) < 4.78 is 10.4. The number of ether oxygens (including phenoxy) is 2. The molecule has 0 saturated heterocycles. The molecule has 1 saturated carbocycles. The van der Waals surface area contributed by atoms with Crippen molar-refractivity contribution < 1.29 is 29.3 Å². The van der Waals surface area contributed by atoms with Crippen molar-refractivity contribution in [3.05, 3.63) is 22.8 Å². The average Bonchev–Trinajstić information content (AvgIpc) is 2.96. The van der Waals surface area contributed by atoms with E-state index < -0.39 is 23.0 Å².